The first-order chi connectivity index (χ1) is 62.9. The summed E-state index contributed by atoms with van der Waals surface area (Å²) in [5, 5.41) is 46.0. The van der Waals surface area contributed by atoms with Crippen LogP contribution in [0.5, 0.6) is 0 Å². The Morgan fingerprint density at radius 3 is 0.946 bits per heavy atom. The number of hydrogen-bond donors (Lipinski definition) is 14. The molecule has 0 unspecified atom stereocenters. The zero-order valence-corrected chi connectivity index (χ0v) is 78.7. The molecule has 0 saturated heterocycles. The quantitative estimate of drug-likeness (QED) is 0.0175. The first-order valence-electron chi connectivity index (χ1n) is 43.3. The first-order valence-corrected chi connectivity index (χ1v) is 43.3. The number of aromatic amines is 3. The van der Waals surface area contributed by atoms with Crippen molar-refractivity contribution in [2.75, 3.05) is 308 Å². The molecule has 3 rings (SSSR count). The van der Waals surface area contributed by atoms with E-state index in [1.54, 1.807) is 88.9 Å². The van der Waals surface area contributed by atoms with E-state index in [9.17, 15) is 53.7 Å². The molecule has 0 spiro atoms. The van der Waals surface area contributed by atoms with Crippen LogP contribution in [0.25, 0.3) is 0 Å². The van der Waals surface area contributed by atoms with Gasteiger partial charge in [-0.1, -0.05) is 6.42 Å². The number of nitrogens with two attached hydrogens (primary N) is 4. The van der Waals surface area contributed by atoms with E-state index in [1.165, 1.54) is 26.6 Å². The van der Waals surface area contributed by atoms with Crippen LogP contribution >= 0.6 is 0 Å². The van der Waals surface area contributed by atoms with Gasteiger partial charge in [-0.25, -0.2) is 19.7 Å². The van der Waals surface area contributed by atoms with Gasteiger partial charge in [-0.05, 0) is 71.9 Å². The van der Waals surface area contributed by atoms with Crippen LogP contribution in [0.3, 0.4) is 0 Å². The zero-order chi connectivity index (χ0) is 97.1. The van der Waals surface area contributed by atoms with Crippen LogP contribution in [-0.2, 0) is 143 Å². The Hall–Kier alpha value is -7.90. The number of imidazole rings is 3. The van der Waals surface area contributed by atoms with E-state index >= 15 is 0 Å². The average molecular weight is 1880 g/mol. The van der Waals surface area contributed by atoms with Gasteiger partial charge >= 0.3 is 23.9 Å². The maximum atomic E-state index is 11.7. The van der Waals surface area contributed by atoms with E-state index in [1.807, 2.05) is 14.7 Å². The predicted octanol–water partition coefficient (Wildman–Crippen LogP) is -1.45. The number of nitrogens with zero attached hydrogens (tertiary/aromatic N) is 7. The van der Waals surface area contributed by atoms with Crippen molar-refractivity contribution < 1.29 is 144 Å². The van der Waals surface area contributed by atoms with Gasteiger partial charge in [0.1, 0.15) is 43.2 Å². The molecule has 2 amide bonds. The normalized spacial score (nSPS) is 12.4. The van der Waals surface area contributed by atoms with Crippen molar-refractivity contribution in [2.24, 2.45) is 27.9 Å². The van der Waals surface area contributed by atoms with Gasteiger partial charge in [-0.3, -0.25) is 53.3 Å². The highest BCUT2D eigenvalue weighted by atomic mass is 16.6. The minimum atomic E-state index is -1.11. The van der Waals surface area contributed by atoms with Crippen molar-refractivity contribution in [3.05, 3.63) is 54.7 Å². The van der Waals surface area contributed by atoms with Crippen LogP contribution in [0.4, 0.5) is 0 Å². The van der Waals surface area contributed by atoms with E-state index in [0.717, 1.165) is 37.1 Å². The number of guanidine groups is 1. The Labute approximate surface area is 766 Å². The average Bonchev–Trinajstić information content (AvgIpc) is 1.46. The van der Waals surface area contributed by atoms with Gasteiger partial charge in [0, 0.05) is 171 Å². The fourth-order valence-electron chi connectivity index (χ4n) is 11.0. The number of carboxylic acid groups (broad SMARTS) is 4. The van der Waals surface area contributed by atoms with Crippen LogP contribution in [0, 0.1) is 0 Å². The van der Waals surface area contributed by atoms with Gasteiger partial charge in [0.2, 0.25) is 11.8 Å². The number of nitrogens with one attached hydrogen (secondary N) is 6. The number of ether oxygens (including phenoxy) is 18. The number of carbonyl (C=O) groups is 8. The molecule has 130 heavy (non-hydrogen) atoms. The molecule has 0 aromatic carbocycles. The van der Waals surface area contributed by atoms with Crippen LogP contribution in [0.1, 0.15) is 82.3 Å². The molecule has 18 N–H and O–H groups in total. The summed E-state index contributed by atoms with van der Waals surface area (Å²) >= 11 is 0. The number of ketones is 2. The number of carboxylic acids is 4. The van der Waals surface area contributed by atoms with E-state index in [-0.39, 0.29) is 55.7 Å². The van der Waals surface area contributed by atoms with Gasteiger partial charge in [0.15, 0.2) is 11.7 Å². The summed E-state index contributed by atoms with van der Waals surface area (Å²) < 4.78 is 92.2. The summed E-state index contributed by atoms with van der Waals surface area (Å²) in [5.74, 6) is -4.39. The number of carbonyl (C=O) groups excluding carboxylic acids is 4. The van der Waals surface area contributed by atoms with Gasteiger partial charge in [-0.2, -0.15) is 0 Å². The van der Waals surface area contributed by atoms with E-state index in [0.29, 0.717) is 268 Å². The molecule has 0 saturated carbocycles. The van der Waals surface area contributed by atoms with Crippen LogP contribution in [0.15, 0.2) is 42.6 Å². The molecule has 0 radical (unpaired) electrons. The number of aliphatic imine (C=N–C) groups is 1. The second-order valence-electron chi connectivity index (χ2n) is 28.2. The second kappa shape index (κ2) is 92.9. The van der Waals surface area contributed by atoms with Crippen molar-refractivity contribution in [1.29, 1.82) is 0 Å². The number of hydrogen-bond acceptors (Lipinski definition) is 36. The molecule has 0 bridgehead atoms. The molecule has 3 aromatic rings. The number of amides is 2. The number of aromatic nitrogens is 6. The summed E-state index contributed by atoms with van der Waals surface area (Å²) in [7, 11) is 14.4. The van der Waals surface area contributed by atoms with Gasteiger partial charge in [0.25, 0.3) is 0 Å². The fourth-order valence-corrected chi connectivity index (χ4v) is 11.0. The Morgan fingerprint density at radius 1 is 0.362 bits per heavy atom. The summed E-state index contributed by atoms with van der Waals surface area (Å²) in [5.41, 5.74) is 23.8. The summed E-state index contributed by atoms with van der Waals surface area (Å²) in [6, 6.07) is -3.53. The van der Waals surface area contributed by atoms with Crippen molar-refractivity contribution in [3.63, 3.8) is 0 Å². The Morgan fingerprint density at radius 2 is 0.654 bits per heavy atom. The smallest absolute Gasteiger partial charge is 0.326 e. The lowest BCUT2D eigenvalue weighted by Gasteiger charge is -2.28. The molecule has 0 aliphatic rings. The summed E-state index contributed by atoms with van der Waals surface area (Å²) in [6.07, 6.45) is 16.1. The van der Waals surface area contributed by atoms with Crippen molar-refractivity contribution in [2.45, 2.75) is 121 Å². The van der Waals surface area contributed by atoms with Gasteiger partial charge in [-0.15, -0.1) is 0 Å². The maximum Gasteiger partial charge on any atom is 0.326 e. The summed E-state index contributed by atoms with van der Waals surface area (Å²) in [6.45, 7) is 19.8. The van der Waals surface area contributed by atoms with Crippen molar-refractivity contribution >= 4 is 53.2 Å². The third-order valence-corrected chi connectivity index (χ3v) is 18.0. The van der Waals surface area contributed by atoms with Crippen molar-refractivity contribution in [3.8, 4) is 0 Å². The van der Waals surface area contributed by atoms with Crippen LogP contribution in [-0.4, -0.2) is 462 Å². The minimum Gasteiger partial charge on any atom is -0.480 e. The molecule has 6 atom stereocenters. The monoisotopic (exact) mass is 1870 g/mol. The molecule has 3 heterocycles. The maximum absolute atomic E-state index is 11.7. The Bertz CT molecular complexity index is 3070. The first kappa shape index (κ1) is 126. The lowest BCUT2D eigenvalue weighted by atomic mass is 10.1. The summed E-state index contributed by atoms with van der Waals surface area (Å²) in [4.78, 5) is 122. The largest absolute Gasteiger partial charge is 0.480 e. The minimum absolute atomic E-state index is 0.00631. The molecule has 0 aliphatic heterocycles. The molecule has 47 nitrogen and oxygen atoms in total. The number of unbranched alkanes of at least 4 members (excludes halogenated alkanes) is 2. The molecule has 47 heteroatoms. The van der Waals surface area contributed by atoms with E-state index < -0.39 is 60.0 Å². The molecule has 3 aromatic heterocycles. The van der Waals surface area contributed by atoms with E-state index in [4.69, 9.17) is 113 Å². The molecule has 0 fully saturated rings. The number of rotatable bonds is 82. The lowest BCUT2D eigenvalue weighted by Crippen LogP contribution is -2.46. The molecule has 756 valence electrons. The van der Waals surface area contributed by atoms with Crippen LogP contribution in [0.2, 0.25) is 0 Å². The number of Topliss-reactive ketones (excluding diaryl/α,β-unsaturated/α-hetero) is 2. The molecular formula is C83H159N17O30. The molecular weight excluding hydrogens is 1720 g/mol. The Balaban J connectivity index is -0.00000150. The number of H-pyrrole nitrogens is 3. The van der Waals surface area contributed by atoms with E-state index in [2.05, 4.69) is 50.8 Å². The Kier molecular flexibility index (Phi) is 90.2. The van der Waals surface area contributed by atoms with Crippen LogP contribution < -0.4 is 38.9 Å². The SMILES string of the molecule is COCCOCC(=O)N[C@@H](CCCCN)C(C)=O.COCCOCC(=O)N[C@@H](Cc1cnc[nH]1)C(=O)O.COCCOCCN(CCOCCOC)[C@@H](CCCCN)C(=O)O.COCCOCCN(CCOCCOC)[C@@H](CCCN=C(N)N)C(=O)O.COCCOCCN(CCOCCOC)[C@@H](Cc1cnc[nH]1)C(=O)O.COCCOCCN[C@@H](Cc1cnc[nH]1)C(C)=O. The highest BCUT2D eigenvalue weighted by molar-refractivity contribution is 5.88. The number of aliphatic carboxylic acids is 4. The second-order valence-corrected chi connectivity index (χ2v) is 28.2. The van der Waals surface area contributed by atoms with Gasteiger partial charge in [0.05, 0.1) is 196 Å². The highest BCUT2D eigenvalue weighted by Crippen LogP contribution is 2.13. The third-order valence-electron chi connectivity index (χ3n) is 18.0. The standard InChI is InChI=1S/C16H34N4O6.C16H29N3O6.C16H34N2O6.C12H21N3O3.C12H24N2O4.C11H17N3O5/c1-23-10-12-25-8-6-20(7-9-26-13-11-24-2)14(15(21)22)4-3-5-19-16(17)18;1-22-7-9-24-5-3-19(4-6-25-10-8-23-2)15(16(20)21)11-14-12-17-13-18-14;1-21-11-13-23-9-7-18(8-10-24-14-12-22-2)15(16(19)20)5-3-4-6-17;1-10(16)12(7-11-8-13-9-15-11)14-3-4-18-6-5-17-2;1-10(15)11(5-3-4-6-13)14-12(16)9-18-8-7-17-2;1-18-2-3-19-6-10(15)14-9(11(16)17)4-8-5-12-7-13-8/h14H,3-13H2,1-2H3,(H,21,22)(H4,17,18,19);12-13,15H,3-11H2,1-2H3,(H,17,18)(H,20,21);15H,3-14,17H2,1-2H3,(H,19,20);8-9,12,14H,3-7H2,1-2H3,(H,13,15);11H,3-9,13H2,1-2H3,(H,14,16);5,7,9H,2-4,6H2,1H3,(H,12,13)(H,14,15)(H,16,17)/t14-;2*15-;12-;11-;9-/m000000/s1. The predicted molar refractivity (Wildman–Crippen MR) is 480 cm³/mol. The fraction of sp³-hybridized carbons (Fsp3) is 0.783. The van der Waals surface area contributed by atoms with Crippen molar-refractivity contribution in [1.82, 2.24) is 60.6 Å². The van der Waals surface area contributed by atoms with Gasteiger partial charge < -0.3 is 160 Å². The third kappa shape index (κ3) is 77.7. The number of methoxy groups -OCH3 is 9. The lowest BCUT2D eigenvalue weighted by molar-refractivity contribution is -0.145. The zero-order valence-electron chi connectivity index (χ0n) is 78.7. The topological polar surface area (TPSA) is 632 Å². The highest BCUT2D eigenvalue weighted by Gasteiger charge is 2.29. The molecule has 0 aliphatic carbocycles.